The number of fused-ring (bicyclic) bond motifs is 1. The van der Waals surface area contributed by atoms with E-state index < -0.39 is 0 Å². The molecule has 2 aromatic heterocycles. The van der Waals surface area contributed by atoms with Gasteiger partial charge in [0.15, 0.2) is 5.65 Å². The predicted molar refractivity (Wildman–Crippen MR) is 37.6 cm³/mol. The number of H-pyrrole nitrogens is 1. The van der Waals surface area contributed by atoms with Crippen LogP contribution < -0.4 is 10.8 Å². The minimum absolute atomic E-state index is 0.0251. The molecule has 0 bridgehead atoms. The SMILES string of the molecule is NOOc1ncc2[nH]cnc2n1. The van der Waals surface area contributed by atoms with E-state index in [0.717, 1.165) is 5.52 Å². The van der Waals surface area contributed by atoms with Gasteiger partial charge in [0.05, 0.1) is 12.5 Å². The molecule has 2 heterocycles. The Morgan fingerprint density at radius 2 is 2.33 bits per heavy atom. The van der Waals surface area contributed by atoms with Crippen LogP contribution in [0.2, 0.25) is 0 Å². The summed E-state index contributed by atoms with van der Waals surface area (Å²) in [7, 11) is 0. The van der Waals surface area contributed by atoms with Crippen LogP contribution in [0.1, 0.15) is 0 Å². The summed E-state index contributed by atoms with van der Waals surface area (Å²) >= 11 is 0. The first-order valence-corrected chi connectivity index (χ1v) is 3.09. The van der Waals surface area contributed by atoms with E-state index in [1.165, 1.54) is 12.5 Å². The molecular weight excluding hydrogens is 162 g/mol. The minimum atomic E-state index is 0.0251. The third-order valence-electron chi connectivity index (χ3n) is 1.28. The Morgan fingerprint density at radius 3 is 3.17 bits per heavy atom. The lowest BCUT2D eigenvalue weighted by Crippen LogP contribution is -2.05. The van der Waals surface area contributed by atoms with E-state index in [9.17, 15) is 0 Å². The summed E-state index contributed by atoms with van der Waals surface area (Å²) in [6.45, 7) is 0. The van der Waals surface area contributed by atoms with Gasteiger partial charge in [-0.3, -0.25) is 4.89 Å². The van der Waals surface area contributed by atoms with Crippen molar-refractivity contribution in [2.75, 3.05) is 0 Å². The van der Waals surface area contributed by atoms with Crippen LogP contribution in [0.25, 0.3) is 11.2 Å². The van der Waals surface area contributed by atoms with Gasteiger partial charge in [-0.25, -0.2) is 4.98 Å². The number of hydrogen-bond acceptors (Lipinski definition) is 6. The molecule has 12 heavy (non-hydrogen) atoms. The number of rotatable bonds is 2. The third-order valence-corrected chi connectivity index (χ3v) is 1.28. The molecule has 0 spiro atoms. The lowest BCUT2D eigenvalue weighted by atomic mass is 10.6. The summed E-state index contributed by atoms with van der Waals surface area (Å²) in [4.78, 5) is 22.6. The van der Waals surface area contributed by atoms with Crippen molar-refractivity contribution in [3.05, 3.63) is 12.5 Å². The Bertz CT molecular complexity index is 386. The Hall–Kier alpha value is -1.73. The highest BCUT2D eigenvalue weighted by Gasteiger charge is 2.01. The number of aromatic amines is 1. The molecule has 0 aliphatic heterocycles. The van der Waals surface area contributed by atoms with Gasteiger partial charge in [-0.05, 0) is 0 Å². The largest absolute Gasteiger partial charge is 0.357 e. The smallest absolute Gasteiger partial charge is 0.342 e. The predicted octanol–water partition coefficient (Wildman–Crippen LogP) is -0.463. The van der Waals surface area contributed by atoms with Crippen LogP contribution in [-0.2, 0) is 4.99 Å². The molecule has 0 unspecified atom stereocenters. The molecule has 0 atom stereocenters. The third kappa shape index (κ3) is 1.06. The molecular formula is C5H5N5O2. The second-order valence-corrected chi connectivity index (χ2v) is 1.97. The molecule has 0 aliphatic carbocycles. The van der Waals surface area contributed by atoms with Gasteiger partial charge < -0.3 is 4.98 Å². The van der Waals surface area contributed by atoms with Crippen molar-refractivity contribution >= 4 is 11.2 Å². The maximum absolute atomic E-state index is 4.65. The summed E-state index contributed by atoms with van der Waals surface area (Å²) in [5.41, 5.74) is 1.22. The van der Waals surface area contributed by atoms with Crippen molar-refractivity contribution in [1.82, 2.24) is 19.9 Å². The van der Waals surface area contributed by atoms with Gasteiger partial charge in [0.25, 0.3) is 0 Å². The van der Waals surface area contributed by atoms with Gasteiger partial charge >= 0.3 is 6.01 Å². The fourth-order valence-electron chi connectivity index (χ4n) is 0.804. The fourth-order valence-corrected chi connectivity index (χ4v) is 0.804. The zero-order valence-electron chi connectivity index (χ0n) is 5.89. The Labute approximate surface area is 66.4 Å². The summed E-state index contributed by atoms with van der Waals surface area (Å²) in [6.07, 6.45) is 3.02. The molecule has 0 amide bonds. The first-order valence-electron chi connectivity index (χ1n) is 3.09. The molecule has 7 heteroatoms. The van der Waals surface area contributed by atoms with Gasteiger partial charge in [-0.1, -0.05) is 4.99 Å². The Morgan fingerprint density at radius 1 is 1.42 bits per heavy atom. The molecule has 2 aromatic rings. The highest BCUT2D eigenvalue weighted by atomic mass is 17.3. The van der Waals surface area contributed by atoms with E-state index in [0.29, 0.717) is 5.65 Å². The summed E-state index contributed by atoms with van der Waals surface area (Å²) in [5, 5.41) is 0. The maximum atomic E-state index is 4.65. The van der Waals surface area contributed by atoms with Crippen LogP contribution >= 0.6 is 0 Å². The molecule has 3 N–H and O–H groups in total. The van der Waals surface area contributed by atoms with Gasteiger partial charge in [-0.15, -0.1) is 0 Å². The molecule has 0 saturated carbocycles. The van der Waals surface area contributed by atoms with Crippen LogP contribution in [-0.4, -0.2) is 19.9 Å². The number of nitrogens with two attached hydrogens (primary N) is 1. The topological polar surface area (TPSA) is 98.9 Å². The Balaban J connectivity index is 2.46. The van der Waals surface area contributed by atoms with Crippen molar-refractivity contribution in [2.45, 2.75) is 0 Å². The molecule has 7 nitrogen and oxygen atoms in total. The molecule has 0 aliphatic rings. The van der Waals surface area contributed by atoms with Crippen LogP contribution in [0.5, 0.6) is 6.01 Å². The van der Waals surface area contributed by atoms with Gasteiger partial charge in [0, 0.05) is 0 Å². The lowest BCUT2D eigenvalue weighted by molar-refractivity contribution is -0.217. The zero-order chi connectivity index (χ0) is 8.39. The van der Waals surface area contributed by atoms with E-state index in [4.69, 9.17) is 0 Å². The second kappa shape index (κ2) is 2.72. The molecule has 2 rings (SSSR count). The molecule has 0 fully saturated rings. The van der Waals surface area contributed by atoms with Crippen molar-refractivity contribution in [2.24, 2.45) is 5.90 Å². The molecule has 0 aromatic carbocycles. The summed E-state index contributed by atoms with van der Waals surface area (Å²) in [6, 6.07) is 0.0251. The number of nitrogens with one attached hydrogen (secondary N) is 1. The lowest BCUT2D eigenvalue weighted by Gasteiger charge is -1.94. The zero-order valence-corrected chi connectivity index (χ0v) is 5.89. The molecule has 0 saturated heterocycles. The second-order valence-electron chi connectivity index (χ2n) is 1.97. The highest BCUT2D eigenvalue weighted by Crippen LogP contribution is 2.07. The summed E-state index contributed by atoms with van der Waals surface area (Å²) in [5.74, 6) is 4.65. The van der Waals surface area contributed by atoms with Crippen molar-refractivity contribution in [3.63, 3.8) is 0 Å². The van der Waals surface area contributed by atoms with Gasteiger partial charge in [0.2, 0.25) is 0 Å². The van der Waals surface area contributed by atoms with Gasteiger partial charge in [-0.2, -0.15) is 15.9 Å². The van der Waals surface area contributed by atoms with Crippen LogP contribution in [0.15, 0.2) is 12.5 Å². The number of nitrogens with zero attached hydrogens (tertiary/aromatic N) is 3. The standard InChI is InChI=1S/C5H5N5O2/c6-12-11-5-7-1-3-4(10-5)9-2-8-3/h1-2H,6H2,(H,7,8,9,10). The van der Waals surface area contributed by atoms with Crippen LogP contribution in [0.3, 0.4) is 0 Å². The number of imidazole rings is 1. The average Bonchev–Trinajstić information content (AvgIpc) is 2.51. The fraction of sp³-hybridized carbons (Fsp3) is 0. The molecule has 62 valence electrons. The minimum Gasteiger partial charge on any atom is -0.342 e. The van der Waals surface area contributed by atoms with Crippen LogP contribution in [0, 0.1) is 0 Å². The number of aromatic nitrogens is 4. The number of hydrogen-bond donors (Lipinski definition) is 2. The quantitative estimate of drug-likeness (QED) is 0.463. The maximum Gasteiger partial charge on any atom is 0.357 e. The first kappa shape index (κ1) is 6.95. The van der Waals surface area contributed by atoms with E-state index in [2.05, 4.69) is 35.7 Å². The molecule has 0 radical (unpaired) electrons. The van der Waals surface area contributed by atoms with E-state index in [-0.39, 0.29) is 6.01 Å². The Kier molecular flexibility index (Phi) is 1.57. The summed E-state index contributed by atoms with van der Waals surface area (Å²) < 4.78 is 0. The average molecular weight is 167 g/mol. The van der Waals surface area contributed by atoms with Crippen LogP contribution in [0.4, 0.5) is 0 Å². The van der Waals surface area contributed by atoms with Crippen molar-refractivity contribution in [3.8, 4) is 6.01 Å². The van der Waals surface area contributed by atoms with Crippen molar-refractivity contribution < 1.29 is 9.88 Å². The van der Waals surface area contributed by atoms with E-state index >= 15 is 0 Å². The highest BCUT2D eigenvalue weighted by molar-refractivity contribution is 5.68. The van der Waals surface area contributed by atoms with Crippen molar-refractivity contribution in [1.29, 1.82) is 0 Å². The van der Waals surface area contributed by atoms with E-state index in [1.807, 2.05) is 0 Å². The first-order chi connectivity index (χ1) is 5.90. The normalized spacial score (nSPS) is 10.4. The van der Waals surface area contributed by atoms with E-state index in [1.54, 1.807) is 0 Å². The monoisotopic (exact) mass is 167 g/mol. The van der Waals surface area contributed by atoms with Gasteiger partial charge in [0.1, 0.15) is 5.52 Å².